The summed E-state index contributed by atoms with van der Waals surface area (Å²) in [4.78, 5) is 22.9. The van der Waals surface area contributed by atoms with Crippen LogP contribution in [0.1, 0.15) is 33.4 Å². The molecular formula is C19H35IN6O3. The van der Waals surface area contributed by atoms with Crippen LogP contribution in [-0.2, 0) is 11.3 Å². The molecule has 1 N–H and O–H groups in total. The molecule has 29 heavy (non-hydrogen) atoms. The molecule has 0 unspecified atom stereocenters. The molecule has 0 bridgehead atoms. The summed E-state index contributed by atoms with van der Waals surface area (Å²) in [6, 6.07) is 1.90. The van der Waals surface area contributed by atoms with Crippen LogP contribution in [-0.4, -0.2) is 90.4 Å². The number of carbonyl (C=O) groups excluding carboxylic acids is 1. The van der Waals surface area contributed by atoms with Crippen LogP contribution in [0.25, 0.3) is 0 Å². The average Bonchev–Trinajstić information content (AvgIpc) is 3.14. The van der Waals surface area contributed by atoms with Crippen molar-refractivity contribution in [3.8, 4) is 0 Å². The van der Waals surface area contributed by atoms with Crippen LogP contribution in [0, 0.1) is 0 Å². The Hall–Kier alpha value is -1.56. The maximum absolute atomic E-state index is 12.2. The minimum Gasteiger partial charge on any atom is -0.444 e. The fraction of sp³-hybridized carbons (Fsp3) is 0.737. The van der Waals surface area contributed by atoms with E-state index < -0.39 is 5.60 Å². The first-order valence-corrected chi connectivity index (χ1v) is 9.87. The van der Waals surface area contributed by atoms with E-state index >= 15 is 0 Å². The third-order valence-corrected chi connectivity index (χ3v) is 4.46. The lowest BCUT2D eigenvalue weighted by Crippen LogP contribution is -2.53. The highest BCUT2D eigenvalue weighted by Crippen LogP contribution is 2.10. The standard InChI is InChI=1S/C19H34N6O3.HI/c1-6-24(18(26)28-19(2,3)4)9-8-21-17(20-5)25-12-10-23(11-13-25)15-16-7-14-27-22-16;/h7,14H,6,8-13,15H2,1-5H3,(H,20,21);1H. The third-order valence-electron chi connectivity index (χ3n) is 4.46. The molecule has 1 aromatic heterocycles. The van der Waals surface area contributed by atoms with Crippen molar-refractivity contribution < 1.29 is 14.1 Å². The summed E-state index contributed by atoms with van der Waals surface area (Å²) >= 11 is 0. The van der Waals surface area contributed by atoms with Gasteiger partial charge in [0.1, 0.15) is 11.9 Å². The molecule has 10 heteroatoms. The van der Waals surface area contributed by atoms with Gasteiger partial charge in [-0.25, -0.2) is 4.79 Å². The molecule has 1 saturated heterocycles. The van der Waals surface area contributed by atoms with Crippen LogP contribution < -0.4 is 5.32 Å². The Morgan fingerprint density at radius 1 is 1.34 bits per heavy atom. The normalized spacial score (nSPS) is 15.6. The average molecular weight is 522 g/mol. The molecule has 0 radical (unpaired) electrons. The van der Waals surface area contributed by atoms with Gasteiger partial charge in [-0.05, 0) is 27.7 Å². The smallest absolute Gasteiger partial charge is 0.410 e. The number of halogens is 1. The summed E-state index contributed by atoms with van der Waals surface area (Å²) in [5.74, 6) is 0.862. The van der Waals surface area contributed by atoms with Crippen molar-refractivity contribution in [2.24, 2.45) is 4.99 Å². The van der Waals surface area contributed by atoms with Crippen LogP contribution in [0.5, 0.6) is 0 Å². The summed E-state index contributed by atoms with van der Waals surface area (Å²) in [6.07, 6.45) is 1.32. The molecule has 1 aliphatic rings. The van der Waals surface area contributed by atoms with Crippen molar-refractivity contribution in [3.63, 3.8) is 0 Å². The molecule has 9 nitrogen and oxygen atoms in total. The summed E-state index contributed by atoms with van der Waals surface area (Å²) in [5, 5.41) is 7.34. The minimum absolute atomic E-state index is 0. The second kappa shape index (κ2) is 12.2. The van der Waals surface area contributed by atoms with Crippen molar-refractivity contribution in [2.45, 2.75) is 39.8 Å². The highest BCUT2D eigenvalue weighted by atomic mass is 127. The second-order valence-corrected chi connectivity index (χ2v) is 7.79. The Labute approximate surface area is 190 Å². The molecule has 1 aliphatic heterocycles. The highest BCUT2D eigenvalue weighted by molar-refractivity contribution is 14.0. The van der Waals surface area contributed by atoms with Crippen LogP contribution in [0.15, 0.2) is 21.8 Å². The van der Waals surface area contributed by atoms with Gasteiger partial charge in [-0.2, -0.15) is 0 Å². The number of ether oxygens (including phenoxy) is 1. The van der Waals surface area contributed by atoms with Gasteiger partial charge in [-0.15, -0.1) is 24.0 Å². The van der Waals surface area contributed by atoms with E-state index in [9.17, 15) is 4.79 Å². The predicted octanol–water partition coefficient (Wildman–Crippen LogP) is 2.24. The fourth-order valence-corrected chi connectivity index (χ4v) is 3.01. The zero-order valence-corrected chi connectivity index (χ0v) is 20.5. The Morgan fingerprint density at radius 2 is 2.03 bits per heavy atom. The number of nitrogens with zero attached hydrogens (tertiary/aromatic N) is 5. The van der Waals surface area contributed by atoms with Gasteiger partial charge >= 0.3 is 6.09 Å². The topological polar surface area (TPSA) is 86.4 Å². The molecule has 0 atom stereocenters. The Bertz CT molecular complexity index is 624. The van der Waals surface area contributed by atoms with Crippen molar-refractivity contribution in [1.82, 2.24) is 25.2 Å². The van der Waals surface area contributed by atoms with Crippen LogP contribution in [0.3, 0.4) is 0 Å². The molecule has 0 aromatic carbocycles. The van der Waals surface area contributed by atoms with E-state index in [1.54, 1.807) is 18.2 Å². The minimum atomic E-state index is -0.486. The molecule has 2 heterocycles. The quantitative estimate of drug-likeness (QED) is 0.349. The van der Waals surface area contributed by atoms with Crippen molar-refractivity contribution in [3.05, 3.63) is 18.0 Å². The first-order chi connectivity index (χ1) is 13.3. The Kier molecular flexibility index (Phi) is 10.7. The lowest BCUT2D eigenvalue weighted by Gasteiger charge is -2.36. The monoisotopic (exact) mass is 522 g/mol. The Balaban J connectivity index is 0.00000420. The van der Waals surface area contributed by atoms with Crippen molar-refractivity contribution >= 4 is 36.0 Å². The van der Waals surface area contributed by atoms with Crippen molar-refractivity contribution in [1.29, 1.82) is 0 Å². The Morgan fingerprint density at radius 3 is 2.55 bits per heavy atom. The number of aromatic nitrogens is 1. The van der Waals surface area contributed by atoms with Gasteiger partial charge < -0.3 is 24.4 Å². The highest BCUT2D eigenvalue weighted by Gasteiger charge is 2.22. The molecule has 1 amide bonds. The summed E-state index contributed by atoms with van der Waals surface area (Å²) < 4.78 is 10.3. The SMILES string of the molecule is CCN(CCNC(=NC)N1CCN(Cc2ccon2)CC1)C(=O)OC(C)(C)C.I. The van der Waals surface area contributed by atoms with Crippen LogP contribution in [0.4, 0.5) is 4.79 Å². The number of guanidine groups is 1. The van der Waals surface area contributed by atoms with Gasteiger partial charge in [-0.1, -0.05) is 5.16 Å². The molecule has 166 valence electrons. The number of nitrogens with one attached hydrogen (secondary N) is 1. The maximum Gasteiger partial charge on any atom is 0.410 e. The van der Waals surface area contributed by atoms with E-state index in [1.807, 2.05) is 33.8 Å². The van der Waals surface area contributed by atoms with Crippen molar-refractivity contribution in [2.75, 3.05) is 52.9 Å². The van der Waals surface area contributed by atoms with Gasteiger partial charge in [0.15, 0.2) is 5.96 Å². The molecule has 1 aromatic rings. The lowest BCUT2D eigenvalue weighted by atomic mass is 10.2. The van der Waals surface area contributed by atoms with Crippen LogP contribution >= 0.6 is 24.0 Å². The zero-order chi connectivity index (χ0) is 20.6. The van der Waals surface area contributed by atoms with Gasteiger partial charge in [0.2, 0.25) is 0 Å². The number of rotatable bonds is 6. The first-order valence-electron chi connectivity index (χ1n) is 9.87. The second-order valence-electron chi connectivity index (χ2n) is 7.79. The largest absolute Gasteiger partial charge is 0.444 e. The number of piperazine rings is 1. The van der Waals surface area contributed by atoms with Crippen LogP contribution in [0.2, 0.25) is 0 Å². The third kappa shape index (κ3) is 8.77. The first kappa shape index (κ1) is 25.5. The number of amides is 1. The van der Waals surface area contributed by atoms with E-state index in [-0.39, 0.29) is 30.1 Å². The van der Waals surface area contributed by atoms with E-state index in [0.717, 1.165) is 44.4 Å². The lowest BCUT2D eigenvalue weighted by molar-refractivity contribution is 0.0263. The predicted molar refractivity (Wildman–Crippen MR) is 124 cm³/mol. The molecule has 2 rings (SSSR count). The molecule has 0 aliphatic carbocycles. The fourth-order valence-electron chi connectivity index (χ4n) is 3.01. The van der Waals surface area contributed by atoms with Gasteiger partial charge in [0, 0.05) is 65.5 Å². The summed E-state index contributed by atoms with van der Waals surface area (Å²) in [7, 11) is 1.79. The number of aliphatic imine (C=N–C) groups is 1. The summed E-state index contributed by atoms with van der Waals surface area (Å²) in [6.45, 7) is 13.8. The molecule has 1 fully saturated rings. The molecule has 0 spiro atoms. The summed E-state index contributed by atoms with van der Waals surface area (Å²) in [5.41, 5.74) is 0.470. The van der Waals surface area contributed by atoms with Gasteiger partial charge in [-0.3, -0.25) is 9.89 Å². The molecular weight excluding hydrogens is 487 g/mol. The van der Waals surface area contributed by atoms with Gasteiger partial charge in [0.05, 0.1) is 5.69 Å². The van der Waals surface area contributed by atoms with E-state index in [1.165, 1.54) is 0 Å². The van der Waals surface area contributed by atoms with E-state index in [0.29, 0.717) is 19.6 Å². The number of hydrogen-bond acceptors (Lipinski definition) is 6. The number of likely N-dealkylation sites (N-methyl/N-ethyl adjacent to an activating group) is 1. The maximum atomic E-state index is 12.2. The van der Waals surface area contributed by atoms with Gasteiger partial charge in [0.25, 0.3) is 0 Å². The number of hydrogen-bond donors (Lipinski definition) is 1. The molecule has 0 saturated carbocycles. The number of carbonyl (C=O) groups is 1. The van der Waals surface area contributed by atoms with E-state index in [4.69, 9.17) is 9.26 Å². The zero-order valence-electron chi connectivity index (χ0n) is 18.2. The van der Waals surface area contributed by atoms with E-state index in [2.05, 4.69) is 25.3 Å².